The van der Waals surface area contributed by atoms with Gasteiger partial charge < -0.3 is 0 Å². The smallest absolute Gasteiger partial charge is 0.273 e. The van der Waals surface area contributed by atoms with Crippen molar-refractivity contribution >= 4 is 43.9 Å². The fourth-order valence-corrected chi connectivity index (χ4v) is 3.50. The first kappa shape index (κ1) is 13.1. The highest BCUT2D eigenvalue weighted by atomic mass is 32.1. The van der Waals surface area contributed by atoms with E-state index in [1.165, 1.54) is 33.8 Å². The minimum atomic E-state index is -0.146. The van der Waals surface area contributed by atoms with Gasteiger partial charge in [0.25, 0.3) is 5.91 Å². The summed E-state index contributed by atoms with van der Waals surface area (Å²) in [5.74, 6) is -0.146. The zero-order chi connectivity index (χ0) is 14.1. The first-order valence-corrected chi connectivity index (χ1v) is 7.81. The molecule has 0 fully saturated rings. The Labute approximate surface area is 124 Å². The Bertz CT molecular complexity index is 762. The topological polar surface area (TPSA) is 54.0 Å². The lowest BCUT2D eigenvalue weighted by atomic mass is 10.1. The normalized spacial score (nSPS) is 10.7. The van der Waals surface area contributed by atoms with Crippen LogP contribution in [0.4, 0.5) is 5.13 Å². The molecule has 2 aromatic heterocycles. The third-order valence-electron chi connectivity index (χ3n) is 2.85. The van der Waals surface area contributed by atoms with E-state index in [2.05, 4.69) is 35.7 Å². The van der Waals surface area contributed by atoms with E-state index in [0.717, 1.165) is 10.2 Å². The number of thiophene rings is 1. The fourth-order valence-electron chi connectivity index (χ4n) is 2.01. The predicted molar refractivity (Wildman–Crippen MR) is 84.5 cm³/mol. The molecule has 0 aliphatic carbocycles. The van der Waals surface area contributed by atoms with Crippen molar-refractivity contribution in [2.24, 2.45) is 0 Å². The van der Waals surface area contributed by atoms with E-state index in [1.54, 1.807) is 6.07 Å². The number of benzene rings is 1. The number of nitrogens with zero attached hydrogens (tertiary/aromatic N) is 1. The van der Waals surface area contributed by atoms with E-state index in [9.17, 15) is 4.79 Å². The second-order valence-electron chi connectivity index (χ2n) is 4.51. The molecule has 0 aliphatic heterocycles. The maximum atomic E-state index is 11.8. The van der Waals surface area contributed by atoms with Crippen LogP contribution in [0, 0.1) is 13.8 Å². The number of nitrogens with one attached hydrogen (secondary N) is 2. The van der Waals surface area contributed by atoms with Crippen molar-refractivity contribution in [1.29, 1.82) is 0 Å². The van der Waals surface area contributed by atoms with Gasteiger partial charge >= 0.3 is 0 Å². The van der Waals surface area contributed by atoms with E-state index < -0.39 is 0 Å². The molecule has 0 unspecified atom stereocenters. The molecule has 0 bridgehead atoms. The molecule has 3 rings (SSSR count). The van der Waals surface area contributed by atoms with Crippen molar-refractivity contribution in [2.45, 2.75) is 13.8 Å². The zero-order valence-corrected chi connectivity index (χ0v) is 12.7. The van der Waals surface area contributed by atoms with Gasteiger partial charge in [0, 0.05) is 0 Å². The number of carbonyl (C=O) groups is 1. The molecule has 1 aromatic carbocycles. The van der Waals surface area contributed by atoms with Gasteiger partial charge in [-0.05, 0) is 42.5 Å². The second kappa shape index (κ2) is 5.22. The lowest BCUT2D eigenvalue weighted by Crippen LogP contribution is -2.28. The first-order valence-electron chi connectivity index (χ1n) is 6.11. The van der Waals surface area contributed by atoms with Crippen molar-refractivity contribution in [3.8, 4) is 0 Å². The molecular formula is C14H13N3OS2. The molecule has 0 radical (unpaired) electrons. The largest absolute Gasteiger partial charge is 0.279 e. The molecule has 0 aliphatic rings. The van der Waals surface area contributed by atoms with Gasteiger partial charge in [-0.1, -0.05) is 23.5 Å². The number of fused-ring (bicyclic) bond motifs is 1. The third kappa shape index (κ3) is 2.52. The number of amides is 1. The highest BCUT2D eigenvalue weighted by Gasteiger charge is 2.09. The number of hydrazine groups is 1. The quantitative estimate of drug-likeness (QED) is 0.725. The van der Waals surface area contributed by atoms with Gasteiger partial charge in [0.2, 0.25) is 5.13 Å². The Kier molecular flexibility index (Phi) is 3.42. The Morgan fingerprint density at radius 3 is 2.90 bits per heavy atom. The summed E-state index contributed by atoms with van der Waals surface area (Å²) in [6.45, 7) is 4.12. The molecule has 6 heteroatoms. The Morgan fingerprint density at radius 1 is 1.30 bits per heavy atom. The fraction of sp³-hybridized carbons (Fsp3) is 0.143. The average molecular weight is 303 g/mol. The number of hydrogen-bond donors (Lipinski definition) is 2. The lowest BCUT2D eigenvalue weighted by Gasteiger charge is -2.02. The molecule has 4 nitrogen and oxygen atoms in total. The average Bonchev–Trinajstić information content (AvgIpc) is 3.04. The van der Waals surface area contributed by atoms with Gasteiger partial charge in [0.1, 0.15) is 0 Å². The van der Waals surface area contributed by atoms with Crippen molar-refractivity contribution in [3.63, 3.8) is 0 Å². The van der Waals surface area contributed by atoms with E-state index >= 15 is 0 Å². The standard InChI is InChI=1S/C14H13N3OS2/c1-8-6-9(2)12-10(7-8)15-14(20-12)17-16-13(18)11-4-3-5-19-11/h3-7H,1-2H3,(H,15,17)(H,16,18). The summed E-state index contributed by atoms with van der Waals surface area (Å²) >= 11 is 2.94. The van der Waals surface area contributed by atoms with Crippen LogP contribution in [0.2, 0.25) is 0 Å². The lowest BCUT2D eigenvalue weighted by molar-refractivity contribution is 0.0966. The predicted octanol–water partition coefficient (Wildman–Crippen LogP) is 3.73. The highest BCUT2D eigenvalue weighted by molar-refractivity contribution is 7.22. The van der Waals surface area contributed by atoms with Gasteiger partial charge in [-0.15, -0.1) is 11.3 Å². The summed E-state index contributed by atoms with van der Waals surface area (Å²) in [6, 6.07) is 7.82. The van der Waals surface area contributed by atoms with Crippen molar-refractivity contribution in [1.82, 2.24) is 10.4 Å². The van der Waals surface area contributed by atoms with Gasteiger partial charge in [-0.25, -0.2) is 4.98 Å². The minimum absolute atomic E-state index is 0.146. The molecule has 2 N–H and O–H groups in total. The number of carbonyl (C=O) groups excluding carboxylic acids is 1. The summed E-state index contributed by atoms with van der Waals surface area (Å²) < 4.78 is 1.14. The number of thiazole rings is 1. The maximum Gasteiger partial charge on any atom is 0.279 e. The molecule has 0 spiro atoms. The molecule has 2 heterocycles. The van der Waals surface area contributed by atoms with Crippen LogP contribution in [0.1, 0.15) is 20.8 Å². The Balaban J connectivity index is 1.78. The molecule has 0 saturated carbocycles. The molecule has 102 valence electrons. The van der Waals surface area contributed by atoms with E-state index in [-0.39, 0.29) is 5.91 Å². The van der Waals surface area contributed by atoms with Gasteiger partial charge in [0.05, 0.1) is 15.1 Å². The first-order chi connectivity index (χ1) is 9.63. The van der Waals surface area contributed by atoms with Crippen LogP contribution >= 0.6 is 22.7 Å². The van der Waals surface area contributed by atoms with Crippen LogP contribution in [-0.2, 0) is 0 Å². The summed E-state index contributed by atoms with van der Waals surface area (Å²) in [5.41, 5.74) is 8.90. The van der Waals surface area contributed by atoms with Crippen LogP contribution in [0.25, 0.3) is 10.2 Å². The number of anilines is 1. The Hall–Kier alpha value is -1.92. The van der Waals surface area contributed by atoms with Crippen molar-refractivity contribution < 1.29 is 4.79 Å². The number of aryl methyl sites for hydroxylation is 2. The third-order valence-corrected chi connectivity index (χ3v) is 4.84. The maximum absolute atomic E-state index is 11.8. The molecule has 0 atom stereocenters. The molecule has 20 heavy (non-hydrogen) atoms. The second-order valence-corrected chi connectivity index (χ2v) is 6.45. The Morgan fingerprint density at radius 2 is 2.15 bits per heavy atom. The van der Waals surface area contributed by atoms with Crippen LogP contribution in [0.3, 0.4) is 0 Å². The van der Waals surface area contributed by atoms with E-state index in [4.69, 9.17) is 0 Å². The molecule has 1 amide bonds. The molecule has 0 saturated heterocycles. The summed E-state index contributed by atoms with van der Waals surface area (Å²) in [4.78, 5) is 17.0. The monoisotopic (exact) mass is 303 g/mol. The van der Waals surface area contributed by atoms with Gasteiger partial charge in [-0.3, -0.25) is 15.6 Å². The van der Waals surface area contributed by atoms with Crippen LogP contribution in [0.15, 0.2) is 29.6 Å². The summed E-state index contributed by atoms with van der Waals surface area (Å²) in [6.07, 6.45) is 0. The van der Waals surface area contributed by atoms with Gasteiger partial charge in [-0.2, -0.15) is 0 Å². The van der Waals surface area contributed by atoms with Crippen molar-refractivity contribution in [3.05, 3.63) is 45.6 Å². The number of rotatable bonds is 3. The van der Waals surface area contributed by atoms with E-state index in [1.807, 2.05) is 17.5 Å². The highest BCUT2D eigenvalue weighted by Crippen LogP contribution is 2.29. The van der Waals surface area contributed by atoms with Gasteiger partial charge in [0.15, 0.2) is 0 Å². The summed E-state index contributed by atoms with van der Waals surface area (Å²) in [7, 11) is 0. The SMILES string of the molecule is Cc1cc(C)c2sc(NNC(=O)c3cccs3)nc2c1. The van der Waals surface area contributed by atoms with Crippen LogP contribution < -0.4 is 10.9 Å². The van der Waals surface area contributed by atoms with Crippen molar-refractivity contribution in [2.75, 3.05) is 5.43 Å². The van der Waals surface area contributed by atoms with Crippen LogP contribution in [-0.4, -0.2) is 10.9 Å². The van der Waals surface area contributed by atoms with E-state index in [0.29, 0.717) is 10.0 Å². The number of hydrogen-bond acceptors (Lipinski definition) is 5. The zero-order valence-electron chi connectivity index (χ0n) is 11.1. The molecular weight excluding hydrogens is 290 g/mol. The number of aromatic nitrogens is 1. The summed E-state index contributed by atoms with van der Waals surface area (Å²) in [5, 5.41) is 2.57. The minimum Gasteiger partial charge on any atom is -0.273 e. The van der Waals surface area contributed by atoms with Crippen LogP contribution in [0.5, 0.6) is 0 Å². The molecule has 3 aromatic rings.